The number of thioether (sulfide) groups is 1. The Kier molecular flexibility index (Phi) is 5.43. The summed E-state index contributed by atoms with van der Waals surface area (Å²) in [4.78, 5) is 17.0. The van der Waals surface area contributed by atoms with Crippen molar-refractivity contribution in [3.05, 3.63) is 65.7 Å². The number of imidazole rings is 1. The van der Waals surface area contributed by atoms with Crippen molar-refractivity contribution in [1.29, 1.82) is 5.26 Å². The van der Waals surface area contributed by atoms with E-state index in [-0.39, 0.29) is 23.0 Å². The van der Waals surface area contributed by atoms with Crippen LogP contribution in [0.25, 0.3) is 5.69 Å². The summed E-state index contributed by atoms with van der Waals surface area (Å²) >= 11 is 1.34. The summed E-state index contributed by atoms with van der Waals surface area (Å²) in [5.41, 5.74) is 1.14. The highest BCUT2D eigenvalue weighted by Gasteiger charge is 2.21. The first kappa shape index (κ1) is 18.5. The van der Waals surface area contributed by atoms with Crippen molar-refractivity contribution in [2.45, 2.75) is 5.16 Å². The highest BCUT2D eigenvalue weighted by atomic mass is 32.2. The summed E-state index contributed by atoms with van der Waals surface area (Å²) in [5.74, 6) is -0.592. The lowest BCUT2D eigenvalue weighted by Gasteiger charge is -2.12. The van der Waals surface area contributed by atoms with Gasteiger partial charge in [0.25, 0.3) is 0 Å². The van der Waals surface area contributed by atoms with E-state index in [4.69, 9.17) is 14.7 Å². The second kappa shape index (κ2) is 7.93. The second-order valence-corrected chi connectivity index (χ2v) is 6.08. The van der Waals surface area contributed by atoms with E-state index < -0.39 is 5.97 Å². The van der Waals surface area contributed by atoms with E-state index in [1.165, 1.54) is 55.4 Å². The van der Waals surface area contributed by atoms with Gasteiger partial charge in [-0.05, 0) is 42.7 Å². The number of halogens is 1. The van der Waals surface area contributed by atoms with Crippen LogP contribution in [0.5, 0.6) is 11.5 Å². The monoisotopic (exact) mass is 383 g/mol. The molecule has 0 bridgehead atoms. The van der Waals surface area contributed by atoms with Gasteiger partial charge in [0.1, 0.15) is 5.82 Å². The van der Waals surface area contributed by atoms with Crippen molar-refractivity contribution < 1.29 is 18.7 Å². The summed E-state index contributed by atoms with van der Waals surface area (Å²) in [7, 11) is 1.42. The molecule has 0 atom stereocenters. The number of nitrogens with zero attached hydrogens (tertiary/aromatic N) is 3. The SMILES string of the molecule is COc1cc(C#N)ccc1OC(=O)c1cnc(SC)n1-c1ccc(F)cc1. The van der Waals surface area contributed by atoms with Gasteiger partial charge in [0, 0.05) is 11.8 Å². The maximum Gasteiger partial charge on any atom is 0.362 e. The summed E-state index contributed by atoms with van der Waals surface area (Å²) in [6.45, 7) is 0. The van der Waals surface area contributed by atoms with E-state index in [0.717, 1.165) is 0 Å². The van der Waals surface area contributed by atoms with E-state index in [9.17, 15) is 9.18 Å². The van der Waals surface area contributed by atoms with E-state index in [0.29, 0.717) is 16.4 Å². The molecule has 3 rings (SSSR count). The van der Waals surface area contributed by atoms with E-state index in [2.05, 4.69) is 4.98 Å². The molecule has 0 aliphatic rings. The topological polar surface area (TPSA) is 77.1 Å². The molecule has 136 valence electrons. The fourth-order valence-corrected chi connectivity index (χ4v) is 2.98. The molecule has 0 N–H and O–H groups in total. The molecule has 1 aromatic heterocycles. The summed E-state index contributed by atoms with van der Waals surface area (Å²) in [6.07, 6.45) is 3.22. The van der Waals surface area contributed by atoms with Crippen molar-refractivity contribution in [3.63, 3.8) is 0 Å². The number of esters is 1. The average Bonchev–Trinajstić information content (AvgIpc) is 3.13. The largest absolute Gasteiger partial charge is 0.493 e. The zero-order chi connectivity index (χ0) is 19.4. The smallest absolute Gasteiger partial charge is 0.362 e. The number of benzene rings is 2. The number of aromatic nitrogens is 2. The zero-order valence-electron chi connectivity index (χ0n) is 14.5. The molecular formula is C19H14FN3O3S. The maximum absolute atomic E-state index is 13.2. The third-order valence-electron chi connectivity index (χ3n) is 3.70. The first-order valence-electron chi connectivity index (χ1n) is 7.75. The maximum atomic E-state index is 13.2. The number of hydrogen-bond donors (Lipinski definition) is 0. The highest BCUT2D eigenvalue weighted by Crippen LogP contribution is 2.29. The number of rotatable bonds is 5. The van der Waals surface area contributed by atoms with Gasteiger partial charge in [-0.15, -0.1) is 0 Å². The van der Waals surface area contributed by atoms with Gasteiger partial charge in [0.15, 0.2) is 22.3 Å². The van der Waals surface area contributed by atoms with Crippen LogP contribution in [0, 0.1) is 17.1 Å². The summed E-state index contributed by atoms with van der Waals surface area (Å²) in [5, 5.41) is 9.52. The van der Waals surface area contributed by atoms with Crippen LogP contribution in [0.3, 0.4) is 0 Å². The number of nitriles is 1. The number of methoxy groups -OCH3 is 1. The Morgan fingerprint density at radius 1 is 1.22 bits per heavy atom. The van der Waals surface area contributed by atoms with Crippen molar-refractivity contribution in [1.82, 2.24) is 9.55 Å². The van der Waals surface area contributed by atoms with Crippen LogP contribution in [0.15, 0.2) is 53.8 Å². The molecule has 27 heavy (non-hydrogen) atoms. The Labute approximate surface area is 159 Å². The Bertz CT molecular complexity index is 1030. The molecule has 0 aliphatic heterocycles. The van der Waals surface area contributed by atoms with Crippen LogP contribution in [-0.2, 0) is 0 Å². The lowest BCUT2D eigenvalue weighted by molar-refractivity contribution is 0.0720. The number of hydrogen-bond acceptors (Lipinski definition) is 6. The first-order chi connectivity index (χ1) is 13.1. The molecule has 0 fully saturated rings. The van der Waals surface area contributed by atoms with Crippen molar-refractivity contribution in [2.24, 2.45) is 0 Å². The van der Waals surface area contributed by atoms with Gasteiger partial charge >= 0.3 is 5.97 Å². The van der Waals surface area contributed by atoms with Crippen LogP contribution in [0.1, 0.15) is 16.1 Å². The van der Waals surface area contributed by atoms with Crippen LogP contribution in [0.4, 0.5) is 4.39 Å². The molecule has 3 aromatic rings. The predicted octanol–water partition coefficient (Wildman–Crippen LogP) is 3.83. The molecule has 0 saturated carbocycles. The Balaban J connectivity index is 1.98. The minimum Gasteiger partial charge on any atom is -0.493 e. The van der Waals surface area contributed by atoms with Gasteiger partial charge in [-0.2, -0.15) is 5.26 Å². The van der Waals surface area contributed by atoms with E-state index >= 15 is 0 Å². The summed E-state index contributed by atoms with van der Waals surface area (Å²) in [6, 6.07) is 12.2. The van der Waals surface area contributed by atoms with E-state index in [1.54, 1.807) is 16.7 Å². The third kappa shape index (κ3) is 3.78. The van der Waals surface area contributed by atoms with Gasteiger partial charge < -0.3 is 9.47 Å². The molecule has 0 unspecified atom stereocenters. The highest BCUT2D eigenvalue weighted by molar-refractivity contribution is 7.98. The Hall–Kier alpha value is -3.31. The second-order valence-electron chi connectivity index (χ2n) is 5.31. The van der Waals surface area contributed by atoms with Crippen molar-refractivity contribution in [3.8, 4) is 23.3 Å². The van der Waals surface area contributed by atoms with Crippen LogP contribution in [0.2, 0.25) is 0 Å². The van der Waals surface area contributed by atoms with Gasteiger partial charge in [0.2, 0.25) is 0 Å². The molecule has 0 amide bonds. The molecular weight excluding hydrogens is 369 g/mol. The van der Waals surface area contributed by atoms with Crippen molar-refractivity contribution >= 4 is 17.7 Å². The van der Waals surface area contributed by atoms with Crippen molar-refractivity contribution in [2.75, 3.05) is 13.4 Å². The first-order valence-corrected chi connectivity index (χ1v) is 8.98. The quantitative estimate of drug-likeness (QED) is 0.379. The van der Waals surface area contributed by atoms with Gasteiger partial charge in [-0.1, -0.05) is 11.8 Å². The Morgan fingerprint density at radius 3 is 2.59 bits per heavy atom. The normalized spacial score (nSPS) is 10.3. The van der Waals surface area contributed by atoms with Crippen LogP contribution < -0.4 is 9.47 Å². The number of carbonyl (C=O) groups excluding carboxylic acids is 1. The lowest BCUT2D eigenvalue weighted by atomic mass is 10.2. The van der Waals surface area contributed by atoms with Crippen LogP contribution in [-0.4, -0.2) is 28.9 Å². The third-order valence-corrected chi connectivity index (χ3v) is 4.35. The minimum atomic E-state index is -0.657. The molecule has 6 nitrogen and oxygen atoms in total. The number of ether oxygens (including phenoxy) is 2. The fraction of sp³-hybridized carbons (Fsp3) is 0.105. The van der Waals surface area contributed by atoms with Gasteiger partial charge in [-0.25, -0.2) is 14.2 Å². The molecule has 1 heterocycles. The predicted molar refractivity (Wildman–Crippen MR) is 98.0 cm³/mol. The molecule has 0 radical (unpaired) electrons. The molecule has 0 saturated heterocycles. The molecule has 0 spiro atoms. The fourth-order valence-electron chi connectivity index (χ4n) is 2.44. The zero-order valence-corrected chi connectivity index (χ0v) is 15.3. The van der Waals surface area contributed by atoms with Gasteiger partial charge in [-0.3, -0.25) is 4.57 Å². The lowest BCUT2D eigenvalue weighted by Crippen LogP contribution is -2.14. The average molecular weight is 383 g/mol. The summed E-state index contributed by atoms with van der Waals surface area (Å²) < 4.78 is 25.5. The van der Waals surface area contributed by atoms with Crippen LogP contribution >= 0.6 is 11.8 Å². The standard InChI is InChI=1S/C19H14FN3O3S/c1-25-17-9-12(10-21)3-8-16(17)26-18(24)15-11-22-19(27-2)23(15)14-6-4-13(20)5-7-14/h3-9,11H,1-2H3. The van der Waals surface area contributed by atoms with Gasteiger partial charge in [0.05, 0.1) is 24.9 Å². The Morgan fingerprint density at radius 2 is 1.96 bits per heavy atom. The van der Waals surface area contributed by atoms with E-state index in [1.807, 2.05) is 12.3 Å². The molecule has 0 aliphatic carbocycles. The molecule has 2 aromatic carbocycles. The molecule has 8 heteroatoms. The minimum absolute atomic E-state index is 0.178. The number of carbonyl (C=O) groups is 1.